The molecule has 2 aliphatic rings. The third kappa shape index (κ3) is 1.95. The van der Waals surface area contributed by atoms with E-state index in [9.17, 15) is 14.9 Å². The minimum Gasteiger partial charge on any atom is -0.371 e. The van der Waals surface area contributed by atoms with E-state index in [1.54, 1.807) is 11.0 Å². The van der Waals surface area contributed by atoms with Crippen LogP contribution in [0.25, 0.3) is 0 Å². The van der Waals surface area contributed by atoms with Gasteiger partial charge in [0.1, 0.15) is 0 Å². The van der Waals surface area contributed by atoms with Gasteiger partial charge >= 0.3 is 0 Å². The summed E-state index contributed by atoms with van der Waals surface area (Å²) in [5, 5.41) is 10.7. The topological polar surface area (TPSA) is 76.0 Å². The molecular formula is C12H12N2O4. The Hall–Kier alpha value is -1.95. The Morgan fingerprint density at radius 3 is 2.94 bits per heavy atom. The maximum atomic E-state index is 12.2. The van der Waals surface area contributed by atoms with Crippen molar-refractivity contribution in [2.24, 2.45) is 0 Å². The summed E-state index contributed by atoms with van der Waals surface area (Å²) in [6.07, 6.45) is 0.889. The van der Waals surface area contributed by atoms with E-state index in [1.807, 2.05) is 0 Å². The molecule has 1 atom stereocenters. The van der Waals surface area contributed by atoms with E-state index >= 15 is 0 Å². The predicted molar refractivity (Wildman–Crippen MR) is 62.4 cm³/mol. The average Bonchev–Trinajstić information content (AvgIpc) is 3.16. The van der Waals surface area contributed by atoms with Crippen molar-refractivity contribution in [3.8, 4) is 0 Å². The van der Waals surface area contributed by atoms with Crippen LogP contribution in [0.15, 0.2) is 18.2 Å². The van der Waals surface area contributed by atoms with Gasteiger partial charge in [0, 0.05) is 30.8 Å². The molecule has 2 aliphatic heterocycles. The number of ether oxygens (including phenoxy) is 1. The lowest BCUT2D eigenvalue weighted by atomic mass is 9.98. The molecule has 1 aromatic rings. The fraction of sp³-hybridized carbons (Fsp3) is 0.417. The summed E-state index contributed by atoms with van der Waals surface area (Å²) in [6, 6.07) is 4.50. The second kappa shape index (κ2) is 4.06. The smallest absolute Gasteiger partial charge is 0.270 e. The van der Waals surface area contributed by atoms with E-state index < -0.39 is 4.92 Å². The molecule has 1 fully saturated rings. The lowest BCUT2D eigenvalue weighted by Crippen LogP contribution is -2.39. The van der Waals surface area contributed by atoms with E-state index in [-0.39, 0.29) is 17.7 Å². The Labute approximate surface area is 103 Å². The van der Waals surface area contributed by atoms with E-state index in [4.69, 9.17) is 4.74 Å². The van der Waals surface area contributed by atoms with Crippen molar-refractivity contribution < 1.29 is 14.5 Å². The van der Waals surface area contributed by atoms with Crippen LogP contribution in [0, 0.1) is 10.1 Å². The van der Waals surface area contributed by atoms with Gasteiger partial charge in [0.25, 0.3) is 11.6 Å². The zero-order valence-corrected chi connectivity index (χ0v) is 9.67. The third-order valence-corrected chi connectivity index (χ3v) is 3.30. The maximum Gasteiger partial charge on any atom is 0.270 e. The van der Waals surface area contributed by atoms with Crippen molar-refractivity contribution >= 4 is 11.6 Å². The first-order valence-corrected chi connectivity index (χ1v) is 5.83. The third-order valence-electron chi connectivity index (χ3n) is 3.30. The molecule has 2 heterocycles. The molecular weight excluding hydrogens is 236 g/mol. The number of amides is 1. The first-order valence-electron chi connectivity index (χ1n) is 5.83. The number of carbonyl (C=O) groups is 1. The quantitative estimate of drug-likeness (QED) is 0.454. The SMILES string of the molecule is O=C1c2cc([N+](=O)[O-])ccc2CCN1C[C@H]1CO1. The number of hydrogen-bond acceptors (Lipinski definition) is 4. The van der Waals surface area contributed by atoms with Crippen LogP contribution in [0.5, 0.6) is 0 Å². The summed E-state index contributed by atoms with van der Waals surface area (Å²) in [5.74, 6) is -0.129. The highest BCUT2D eigenvalue weighted by molar-refractivity contribution is 5.97. The van der Waals surface area contributed by atoms with Crippen LogP contribution in [-0.4, -0.2) is 41.5 Å². The number of fused-ring (bicyclic) bond motifs is 1. The number of benzene rings is 1. The largest absolute Gasteiger partial charge is 0.371 e. The molecule has 6 nitrogen and oxygen atoms in total. The molecule has 1 aromatic carbocycles. The summed E-state index contributed by atoms with van der Waals surface area (Å²) in [5.41, 5.74) is 1.31. The van der Waals surface area contributed by atoms with Crippen LogP contribution < -0.4 is 0 Å². The standard InChI is InChI=1S/C12H12N2O4/c15-12-11-5-9(14(16)17)2-1-8(11)3-4-13(12)6-10-7-18-10/h1-2,5,10H,3-4,6-7H2/t10-/m0/s1. The van der Waals surface area contributed by atoms with E-state index in [2.05, 4.69) is 0 Å². The molecule has 0 unspecified atom stereocenters. The normalized spacial score (nSPS) is 21.7. The number of nitro groups is 1. The number of non-ortho nitro benzene ring substituents is 1. The number of carbonyl (C=O) groups excluding carboxylic acids is 1. The minimum atomic E-state index is -0.476. The van der Waals surface area contributed by atoms with Crippen LogP contribution in [0.4, 0.5) is 5.69 Å². The number of epoxide rings is 1. The lowest BCUT2D eigenvalue weighted by molar-refractivity contribution is -0.384. The second-order valence-electron chi connectivity index (χ2n) is 4.56. The maximum absolute atomic E-state index is 12.2. The van der Waals surface area contributed by atoms with Crippen molar-refractivity contribution in [3.63, 3.8) is 0 Å². The summed E-state index contributed by atoms with van der Waals surface area (Å²) in [4.78, 5) is 24.2. The van der Waals surface area contributed by atoms with E-state index in [0.717, 1.165) is 12.0 Å². The van der Waals surface area contributed by atoms with Gasteiger partial charge in [-0.1, -0.05) is 6.07 Å². The molecule has 0 bridgehead atoms. The van der Waals surface area contributed by atoms with Gasteiger partial charge in [0.15, 0.2) is 0 Å². The molecule has 1 saturated heterocycles. The predicted octanol–water partition coefficient (Wildman–Crippen LogP) is 0.992. The minimum absolute atomic E-state index is 0.0355. The molecule has 0 aliphatic carbocycles. The number of nitro benzene ring substituents is 1. The van der Waals surface area contributed by atoms with Crippen molar-refractivity contribution in [1.29, 1.82) is 0 Å². The van der Waals surface area contributed by atoms with Crippen LogP contribution in [-0.2, 0) is 11.2 Å². The van der Waals surface area contributed by atoms with Gasteiger partial charge in [-0.05, 0) is 12.0 Å². The number of nitrogens with zero attached hydrogens (tertiary/aromatic N) is 2. The van der Waals surface area contributed by atoms with Gasteiger partial charge in [0.05, 0.1) is 17.6 Å². The summed E-state index contributed by atoms with van der Waals surface area (Å²) in [7, 11) is 0. The Morgan fingerprint density at radius 1 is 1.50 bits per heavy atom. The Bertz CT molecular complexity index is 525. The summed E-state index contributed by atoms with van der Waals surface area (Å²) < 4.78 is 5.11. The average molecular weight is 248 g/mol. The van der Waals surface area contributed by atoms with Crippen molar-refractivity contribution in [1.82, 2.24) is 4.90 Å². The Kier molecular flexibility index (Phi) is 2.52. The lowest BCUT2D eigenvalue weighted by Gasteiger charge is -2.27. The highest BCUT2D eigenvalue weighted by atomic mass is 16.6. The molecule has 0 radical (unpaired) electrons. The van der Waals surface area contributed by atoms with Gasteiger partial charge in [-0.25, -0.2) is 0 Å². The van der Waals surface area contributed by atoms with Gasteiger partial charge in [-0.3, -0.25) is 14.9 Å². The molecule has 1 amide bonds. The second-order valence-corrected chi connectivity index (χ2v) is 4.56. The molecule has 0 aromatic heterocycles. The van der Waals surface area contributed by atoms with Crippen molar-refractivity contribution in [2.75, 3.05) is 19.7 Å². The number of hydrogen-bond donors (Lipinski definition) is 0. The molecule has 0 N–H and O–H groups in total. The molecule has 0 saturated carbocycles. The molecule has 3 rings (SSSR count). The first-order chi connectivity index (χ1) is 8.65. The summed E-state index contributed by atoms with van der Waals surface area (Å²) >= 11 is 0. The van der Waals surface area contributed by atoms with Crippen LogP contribution in [0.3, 0.4) is 0 Å². The van der Waals surface area contributed by atoms with Gasteiger partial charge in [0.2, 0.25) is 0 Å². The van der Waals surface area contributed by atoms with Crippen LogP contribution in [0.1, 0.15) is 15.9 Å². The molecule has 0 spiro atoms. The Balaban J connectivity index is 1.89. The van der Waals surface area contributed by atoms with Gasteiger partial charge in [-0.2, -0.15) is 0 Å². The van der Waals surface area contributed by atoms with Crippen molar-refractivity contribution in [3.05, 3.63) is 39.4 Å². The molecule has 6 heteroatoms. The summed E-state index contributed by atoms with van der Waals surface area (Å²) in [6.45, 7) is 1.94. The Morgan fingerprint density at radius 2 is 2.28 bits per heavy atom. The van der Waals surface area contributed by atoms with Crippen LogP contribution >= 0.6 is 0 Å². The van der Waals surface area contributed by atoms with Gasteiger partial charge < -0.3 is 9.64 Å². The fourth-order valence-corrected chi connectivity index (χ4v) is 2.22. The monoisotopic (exact) mass is 248 g/mol. The zero-order valence-electron chi connectivity index (χ0n) is 9.67. The highest BCUT2D eigenvalue weighted by Gasteiger charge is 2.32. The zero-order chi connectivity index (χ0) is 12.7. The highest BCUT2D eigenvalue weighted by Crippen LogP contribution is 2.25. The van der Waals surface area contributed by atoms with E-state index in [1.165, 1.54) is 12.1 Å². The van der Waals surface area contributed by atoms with Gasteiger partial charge in [-0.15, -0.1) is 0 Å². The first kappa shape index (κ1) is 11.2. The van der Waals surface area contributed by atoms with Crippen molar-refractivity contribution in [2.45, 2.75) is 12.5 Å². The number of rotatable bonds is 3. The van der Waals surface area contributed by atoms with Crippen LogP contribution in [0.2, 0.25) is 0 Å². The van der Waals surface area contributed by atoms with E-state index in [0.29, 0.717) is 25.3 Å². The fourth-order valence-electron chi connectivity index (χ4n) is 2.22. The molecule has 94 valence electrons. The molecule has 18 heavy (non-hydrogen) atoms.